The van der Waals surface area contributed by atoms with Crippen molar-refractivity contribution in [1.82, 2.24) is 5.32 Å². The van der Waals surface area contributed by atoms with Crippen LogP contribution in [0.25, 0.3) is 6.08 Å². The van der Waals surface area contributed by atoms with E-state index in [1.807, 2.05) is 0 Å². The van der Waals surface area contributed by atoms with Crippen molar-refractivity contribution in [3.05, 3.63) is 101 Å². The molecule has 0 saturated heterocycles. The minimum absolute atomic E-state index is 0.0815. The lowest BCUT2D eigenvalue weighted by Gasteiger charge is -2.09. The molecule has 0 aromatic heterocycles. The molecule has 5 nitrogen and oxygen atoms in total. The minimum atomic E-state index is -1.48. The first-order valence-electron chi connectivity index (χ1n) is 8.57. The molecule has 2 N–H and O–H groups in total. The van der Waals surface area contributed by atoms with Crippen LogP contribution in [0.1, 0.15) is 15.9 Å². The Hall–Kier alpha value is -4.07. The van der Waals surface area contributed by atoms with E-state index in [9.17, 15) is 27.9 Å². The third-order valence-corrected chi connectivity index (χ3v) is 3.89. The Morgan fingerprint density at radius 3 is 2.27 bits per heavy atom. The molecule has 0 unspecified atom stereocenters. The number of ether oxygens (including phenoxy) is 1. The van der Waals surface area contributed by atoms with Gasteiger partial charge in [0.05, 0.1) is 0 Å². The second-order valence-corrected chi connectivity index (χ2v) is 6.05. The zero-order valence-corrected chi connectivity index (χ0v) is 15.2. The van der Waals surface area contributed by atoms with Gasteiger partial charge in [-0.3, -0.25) is 4.79 Å². The summed E-state index contributed by atoms with van der Waals surface area (Å²) in [6, 6.07) is 13.7. The molecule has 152 valence electrons. The molecular weight excluding hydrogens is 399 g/mol. The average molecular weight is 413 g/mol. The van der Waals surface area contributed by atoms with Gasteiger partial charge in [-0.05, 0) is 54.1 Å². The van der Waals surface area contributed by atoms with Crippen LogP contribution in [0.2, 0.25) is 0 Å². The highest BCUT2D eigenvalue weighted by molar-refractivity contribution is 6.02. The number of nitrogens with one attached hydrogen (secondary N) is 1. The highest BCUT2D eigenvalue weighted by atomic mass is 19.1. The second-order valence-electron chi connectivity index (χ2n) is 6.05. The van der Waals surface area contributed by atoms with Crippen LogP contribution in [-0.2, 0) is 4.79 Å². The number of amides is 1. The number of aliphatic carboxylic acids is 1. The number of carboxylic acid groups (broad SMARTS) is 1. The van der Waals surface area contributed by atoms with Crippen LogP contribution in [0.3, 0.4) is 0 Å². The Bertz CT molecular complexity index is 1140. The fourth-order valence-electron chi connectivity index (χ4n) is 2.48. The van der Waals surface area contributed by atoms with E-state index in [4.69, 9.17) is 4.74 Å². The number of rotatable bonds is 6. The van der Waals surface area contributed by atoms with Crippen LogP contribution in [0.5, 0.6) is 11.5 Å². The van der Waals surface area contributed by atoms with Crippen molar-refractivity contribution in [3.63, 3.8) is 0 Å². The number of hydrogen-bond acceptors (Lipinski definition) is 3. The molecule has 0 spiro atoms. The summed E-state index contributed by atoms with van der Waals surface area (Å²) in [4.78, 5) is 23.6. The van der Waals surface area contributed by atoms with E-state index >= 15 is 0 Å². The predicted octanol–water partition coefficient (Wildman–Crippen LogP) is 4.75. The summed E-state index contributed by atoms with van der Waals surface area (Å²) in [5.41, 5.74) is -0.529. The van der Waals surface area contributed by atoms with Crippen molar-refractivity contribution >= 4 is 18.0 Å². The summed E-state index contributed by atoms with van der Waals surface area (Å²) in [7, 11) is 0. The van der Waals surface area contributed by atoms with Gasteiger partial charge in [0.25, 0.3) is 5.91 Å². The first-order chi connectivity index (χ1) is 14.3. The van der Waals surface area contributed by atoms with Gasteiger partial charge in [-0.25, -0.2) is 18.0 Å². The van der Waals surface area contributed by atoms with Gasteiger partial charge in [0, 0.05) is 5.56 Å². The molecule has 0 heterocycles. The summed E-state index contributed by atoms with van der Waals surface area (Å²) >= 11 is 0. The Morgan fingerprint density at radius 2 is 1.60 bits per heavy atom. The summed E-state index contributed by atoms with van der Waals surface area (Å²) in [6.45, 7) is 0. The van der Waals surface area contributed by atoms with Gasteiger partial charge < -0.3 is 15.2 Å². The molecule has 0 aliphatic heterocycles. The molecule has 1 amide bonds. The van der Waals surface area contributed by atoms with Gasteiger partial charge >= 0.3 is 5.97 Å². The normalized spacial score (nSPS) is 11.1. The zero-order chi connectivity index (χ0) is 21.7. The van der Waals surface area contributed by atoms with Crippen molar-refractivity contribution in [2.75, 3.05) is 0 Å². The SMILES string of the molecule is O=C(O)C(=Cc1ccc(Oc2ccccc2F)c(F)c1)NC(=O)c1cccc(F)c1. The maximum atomic E-state index is 14.3. The first kappa shape index (κ1) is 20.7. The molecular formula is C22H14F3NO4. The summed E-state index contributed by atoms with van der Waals surface area (Å²) in [5, 5.41) is 11.5. The van der Waals surface area contributed by atoms with E-state index in [1.54, 1.807) is 0 Å². The predicted molar refractivity (Wildman–Crippen MR) is 102 cm³/mol. The molecule has 0 fully saturated rings. The number of hydrogen-bond donors (Lipinski definition) is 2. The summed E-state index contributed by atoms with van der Waals surface area (Å²) in [6.07, 6.45) is 1.02. The molecule has 3 aromatic rings. The third kappa shape index (κ3) is 5.05. The minimum Gasteiger partial charge on any atom is -0.477 e. The second kappa shape index (κ2) is 8.95. The maximum Gasteiger partial charge on any atom is 0.352 e. The van der Waals surface area contributed by atoms with E-state index < -0.39 is 35.0 Å². The fourth-order valence-corrected chi connectivity index (χ4v) is 2.48. The molecule has 8 heteroatoms. The number of carbonyl (C=O) groups excluding carboxylic acids is 1. The van der Waals surface area contributed by atoms with Gasteiger partial charge in [-0.1, -0.05) is 24.3 Å². The molecule has 0 aliphatic carbocycles. The first-order valence-corrected chi connectivity index (χ1v) is 8.57. The van der Waals surface area contributed by atoms with Gasteiger partial charge in [-0.2, -0.15) is 0 Å². The smallest absolute Gasteiger partial charge is 0.352 e. The number of benzene rings is 3. The molecule has 0 atom stereocenters. The largest absolute Gasteiger partial charge is 0.477 e. The molecule has 0 aliphatic rings. The molecule has 3 rings (SSSR count). The van der Waals surface area contributed by atoms with Crippen LogP contribution in [-0.4, -0.2) is 17.0 Å². The quantitative estimate of drug-likeness (QED) is 0.572. The van der Waals surface area contributed by atoms with E-state index in [0.717, 1.165) is 30.3 Å². The molecule has 0 bridgehead atoms. The van der Waals surface area contributed by atoms with Crippen LogP contribution >= 0.6 is 0 Å². The Balaban J connectivity index is 1.82. The standard InChI is InChI=1S/C22H14F3NO4/c23-15-5-3-4-14(12-15)21(27)26-18(22(28)29)11-13-8-9-20(17(25)10-13)30-19-7-2-1-6-16(19)24/h1-12H,(H,26,27)(H,28,29). The average Bonchev–Trinajstić information content (AvgIpc) is 2.71. The lowest BCUT2D eigenvalue weighted by molar-refractivity contribution is -0.132. The highest BCUT2D eigenvalue weighted by Crippen LogP contribution is 2.27. The van der Waals surface area contributed by atoms with Crippen molar-refractivity contribution < 1.29 is 32.6 Å². The molecule has 3 aromatic carbocycles. The van der Waals surface area contributed by atoms with E-state index in [2.05, 4.69) is 5.32 Å². The number of halogens is 3. The Morgan fingerprint density at radius 1 is 0.867 bits per heavy atom. The third-order valence-electron chi connectivity index (χ3n) is 3.89. The van der Waals surface area contributed by atoms with Crippen molar-refractivity contribution in [1.29, 1.82) is 0 Å². The summed E-state index contributed by atoms with van der Waals surface area (Å²) in [5.74, 6) is -4.96. The summed E-state index contributed by atoms with van der Waals surface area (Å²) < 4.78 is 46.4. The topological polar surface area (TPSA) is 75.6 Å². The fraction of sp³-hybridized carbons (Fsp3) is 0. The lowest BCUT2D eigenvalue weighted by Crippen LogP contribution is -2.27. The van der Waals surface area contributed by atoms with E-state index in [0.29, 0.717) is 0 Å². The maximum absolute atomic E-state index is 14.3. The van der Waals surface area contributed by atoms with E-state index in [1.165, 1.54) is 42.5 Å². The van der Waals surface area contributed by atoms with Crippen LogP contribution in [0, 0.1) is 17.5 Å². The van der Waals surface area contributed by atoms with Gasteiger partial charge in [-0.15, -0.1) is 0 Å². The van der Waals surface area contributed by atoms with Crippen molar-refractivity contribution in [2.45, 2.75) is 0 Å². The van der Waals surface area contributed by atoms with Gasteiger partial charge in [0.15, 0.2) is 23.1 Å². The van der Waals surface area contributed by atoms with Crippen LogP contribution in [0.15, 0.2) is 72.4 Å². The number of carboxylic acids is 1. The van der Waals surface area contributed by atoms with Crippen LogP contribution < -0.4 is 10.1 Å². The van der Waals surface area contributed by atoms with E-state index in [-0.39, 0.29) is 22.6 Å². The highest BCUT2D eigenvalue weighted by Gasteiger charge is 2.15. The monoisotopic (exact) mass is 413 g/mol. The lowest BCUT2D eigenvalue weighted by atomic mass is 10.1. The van der Waals surface area contributed by atoms with Gasteiger partial charge in [0.2, 0.25) is 0 Å². The molecule has 0 radical (unpaired) electrons. The number of carbonyl (C=O) groups is 2. The van der Waals surface area contributed by atoms with Crippen molar-refractivity contribution in [3.8, 4) is 11.5 Å². The Kier molecular flexibility index (Phi) is 6.17. The number of para-hydroxylation sites is 1. The molecule has 0 saturated carbocycles. The molecule has 30 heavy (non-hydrogen) atoms. The van der Waals surface area contributed by atoms with Gasteiger partial charge in [0.1, 0.15) is 11.5 Å². The zero-order valence-electron chi connectivity index (χ0n) is 15.2. The van der Waals surface area contributed by atoms with Crippen LogP contribution in [0.4, 0.5) is 13.2 Å². The van der Waals surface area contributed by atoms with Crippen molar-refractivity contribution in [2.24, 2.45) is 0 Å². The Labute approximate surface area is 169 Å².